The predicted molar refractivity (Wildman–Crippen MR) is 145 cm³/mol. The molecule has 1 amide bonds. The minimum absolute atomic E-state index is 0.0462. The first-order valence-corrected chi connectivity index (χ1v) is 12.3. The highest BCUT2D eigenvalue weighted by atomic mass is 19.4. The highest BCUT2D eigenvalue weighted by Crippen LogP contribution is 2.33. The third-order valence-corrected chi connectivity index (χ3v) is 6.36. The van der Waals surface area contributed by atoms with E-state index >= 15 is 0 Å². The maximum atomic E-state index is 13.7. The summed E-state index contributed by atoms with van der Waals surface area (Å²) in [5, 5.41) is 11.9. The molecule has 198 valence electrons. The highest BCUT2D eigenvalue weighted by molar-refractivity contribution is 6.02. The van der Waals surface area contributed by atoms with Gasteiger partial charge < -0.3 is 10.6 Å². The van der Waals surface area contributed by atoms with E-state index in [1.54, 1.807) is 18.5 Å². The Morgan fingerprint density at radius 1 is 1.13 bits per heavy atom. The van der Waals surface area contributed by atoms with Gasteiger partial charge in [0.15, 0.2) is 11.3 Å². The monoisotopic (exact) mass is 530 g/mol. The third kappa shape index (κ3) is 5.18. The summed E-state index contributed by atoms with van der Waals surface area (Å²) in [4.78, 5) is 20.2. The minimum Gasteiger partial charge on any atom is -0.366 e. The molecule has 0 aliphatic carbocycles. The normalized spacial score (nSPS) is 11.7. The summed E-state index contributed by atoms with van der Waals surface area (Å²) in [5.41, 5.74) is 2.81. The lowest BCUT2D eigenvalue weighted by atomic mass is 9.99. The summed E-state index contributed by atoms with van der Waals surface area (Å²) in [7, 11) is 0. The SMILES string of the molecule is C=CC(=O)Nc1ccc2c(-c3ccccc3CNc3cc(C(F)(F)F)nc4c(C(C)C)cnn34)nccc2c1. The van der Waals surface area contributed by atoms with Gasteiger partial charge in [-0.05, 0) is 41.1 Å². The molecule has 0 spiro atoms. The molecule has 3 aromatic heterocycles. The van der Waals surface area contributed by atoms with Crippen LogP contribution in [0.15, 0.2) is 79.6 Å². The number of nitrogens with zero attached hydrogens (tertiary/aromatic N) is 4. The first-order chi connectivity index (χ1) is 18.7. The van der Waals surface area contributed by atoms with E-state index in [0.29, 0.717) is 16.9 Å². The van der Waals surface area contributed by atoms with Gasteiger partial charge in [-0.15, -0.1) is 0 Å². The molecular formula is C29H25F3N6O. The van der Waals surface area contributed by atoms with Crippen LogP contribution in [-0.2, 0) is 17.5 Å². The van der Waals surface area contributed by atoms with E-state index in [0.717, 1.165) is 28.0 Å². The number of carbonyl (C=O) groups is 1. The molecule has 0 saturated heterocycles. The van der Waals surface area contributed by atoms with Crippen molar-refractivity contribution in [3.05, 3.63) is 96.5 Å². The highest BCUT2D eigenvalue weighted by Gasteiger charge is 2.34. The zero-order chi connectivity index (χ0) is 27.7. The number of alkyl halides is 3. The summed E-state index contributed by atoms with van der Waals surface area (Å²) in [6, 6.07) is 15.9. The number of carbonyl (C=O) groups excluding carboxylic acids is 1. The van der Waals surface area contributed by atoms with Crippen LogP contribution < -0.4 is 10.6 Å². The van der Waals surface area contributed by atoms with E-state index in [1.165, 1.54) is 10.6 Å². The molecule has 2 N–H and O–H groups in total. The van der Waals surface area contributed by atoms with Gasteiger partial charge >= 0.3 is 6.18 Å². The largest absolute Gasteiger partial charge is 0.433 e. The van der Waals surface area contributed by atoms with Crippen molar-refractivity contribution in [3.63, 3.8) is 0 Å². The molecule has 0 saturated carbocycles. The van der Waals surface area contributed by atoms with Gasteiger partial charge in [0, 0.05) is 41.0 Å². The zero-order valence-corrected chi connectivity index (χ0v) is 21.3. The summed E-state index contributed by atoms with van der Waals surface area (Å²) in [5.74, 6) is -0.172. The van der Waals surface area contributed by atoms with Crippen molar-refractivity contribution in [2.75, 3.05) is 10.6 Å². The van der Waals surface area contributed by atoms with Gasteiger partial charge in [-0.25, -0.2) is 4.98 Å². The fourth-order valence-corrected chi connectivity index (χ4v) is 4.41. The third-order valence-electron chi connectivity index (χ3n) is 6.36. The van der Waals surface area contributed by atoms with Crippen molar-refractivity contribution in [2.24, 2.45) is 0 Å². The van der Waals surface area contributed by atoms with E-state index < -0.39 is 11.9 Å². The first kappa shape index (κ1) is 25.9. The van der Waals surface area contributed by atoms with Crippen molar-refractivity contribution in [1.29, 1.82) is 0 Å². The summed E-state index contributed by atoms with van der Waals surface area (Å²) in [6.07, 6.45) is -0.170. The molecule has 2 aromatic carbocycles. The second-order valence-corrected chi connectivity index (χ2v) is 9.31. The molecule has 0 radical (unpaired) electrons. The molecular weight excluding hydrogens is 505 g/mol. The second kappa shape index (κ2) is 10.2. The lowest BCUT2D eigenvalue weighted by Crippen LogP contribution is -2.14. The number of hydrogen-bond donors (Lipinski definition) is 2. The molecule has 5 rings (SSSR count). The maximum absolute atomic E-state index is 13.7. The van der Waals surface area contributed by atoms with E-state index in [4.69, 9.17) is 0 Å². The molecule has 10 heteroatoms. The Morgan fingerprint density at radius 2 is 1.92 bits per heavy atom. The summed E-state index contributed by atoms with van der Waals surface area (Å²) in [6.45, 7) is 7.46. The zero-order valence-electron chi connectivity index (χ0n) is 21.3. The quantitative estimate of drug-likeness (QED) is 0.226. The van der Waals surface area contributed by atoms with Gasteiger partial charge in [0.2, 0.25) is 5.91 Å². The summed E-state index contributed by atoms with van der Waals surface area (Å²) < 4.78 is 42.5. The van der Waals surface area contributed by atoms with Crippen LogP contribution in [0.5, 0.6) is 0 Å². The fourth-order valence-electron chi connectivity index (χ4n) is 4.41. The number of nitrogens with one attached hydrogen (secondary N) is 2. The Hall–Kier alpha value is -4.73. The molecule has 0 unspecified atom stereocenters. The topological polar surface area (TPSA) is 84.2 Å². The van der Waals surface area contributed by atoms with Crippen LogP contribution in [0.3, 0.4) is 0 Å². The number of benzene rings is 2. The number of pyridine rings is 1. The smallest absolute Gasteiger partial charge is 0.366 e. The number of amides is 1. The lowest BCUT2D eigenvalue weighted by molar-refractivity contribution is -0.141. The van der Waals surface area contributed by atoms with Crippen molar-refractivity contribution < 1.29 is 18.0 Å². The standard InChI is InChI=1S/C29H25F3N6O/c1-4-26(39)36-20-9-10-22-18(13-20)11-12-33-27(22)21-8-6-5-7-19(21)15-34-25-14-24(29(30,31)32)37-28-23(17(2)3)16-35-38(25)28/h4-14,16-17,34H,1,15H2,2-3H3,(H,36,39). The van der Waals surface area contributed by atoms with E-state index in [-0.39, 0.29) is 29.8 Å². The molecule has 0 fully saturated rings. The van der Waals surface area contributed by atoms with E-state index in [2.05, 4.69) is 32.3 Å². The number of fused-ring (bicyclic) bond motifs is 2. The lowest BCUT2D eigenvalue weighted by Gasteiger charge is -2.15. The van der Waals surface area contributed by atoms with Crippen LogP contribution in [0.4, 0.5) is 24.7 Å². The minimum atomic E-state index is -4.61. The number of halogens is 3. The van der Waals surface area contributed by atoms with Crippen molar-refractivity contribution in [1.82, 2.24) is 19.6 Å². The van der Waals surface area contributed by atoms with Crippen LogP contribution in [-0.4, -0.2) is 25.5 Å². The van der Waals surface area contributed by atoms with Crippen molar-refractivity contribution >= 4 is 33.8 Å². The van der Waals surface area contributed by atoms with Crippen LogP contribution in [0.2, 0.25) is 0 Å². The number of hydrogen-bond acceptors (Lipinski definition) is 5. The van der Waals surface area contributed by atoms with Crippen LogP contribution in [0, 0.1) is 0 Å². The average Bonchev–Trinajstić information content (AvgIpc) is 3.35. The summed E-state index contributed by atoms with van der Waals surface area (Å²) >= 11 is 0. The van der Waals surface area contributed by atoms with Crippen molar-refractivity contribution in [3.8, 4) is 11.3 Å². The van der Waals surface area contributed by atoms with E-state index in [1.807, 2.05) is 56.3 Å². The molecule has 39 heavy (non-hydrogen) atoms. The maximum Gasteiger partial charge on any atom is 0.433 e. The van der Waals surface area contributed by atoms with Gasteiger partial charge in [0.25, 0.3) is 0 Å². The molecule has 0 aliphatic rings. The Labute approximate surface area is 222 Å². The number of anilines is 2. The van der Waals surface area contributed by atoms with Crippen LogP contribution in [0.1, 0.15) is 36.6 Å². The molecule has 0 atom stereocenters. The van der Waals surface area contributed by atoms with Crippen LogP contribution >= 0.6 is 0 Å². The second-order valence-electron chi connectivity index (χ2n) is 9.31. The average molecular weight is 531 g/mol. The Kier molecular flexibility index (Phi) is 6.78. The first-order valence-electron chi connectivity index (χ1n) is 12.3. The predicted octanol–water partition coefficient (Wildman–Crippen LogP) is 6.82. The Bertz CT molecular complexity index is 1710. The van der Waals surface area contributed by atoms with Crippen LogP contribution in [0.25, 0.3) is 27.7 Å². The van der Waals surface area contributed by atoms with E-state index in [9.17, 15) is 18.0 Å². The molecule has 0 bridgehead atoms. The van der Waals surface area contributed by atoms with Gasteiger partial charge in [0.1, 0.15) is 5.82 Å². The van der Waals surface area contributed by atoms with Crippen molar-refractivity contribution in [2.45, 2.75) is 32.5 Å². The Balaban J connectivity index is 1.52. The van der Waals surface area contributed by atoms with Gasteiger partial charge in [-0.2, -0.15) is 22.8 Å². The number of rotatable bonds is 7. The van der Waals surface area contributed by atoms with Gasteiger partial charge in [-0.1, -0.05) is 50.8 Å². The molecule has 3 heterocycles. The number of aromatic nitrogens is 4. The van der Waals surface area contributed by atoms with Gasteiger partial charge in [0.05, 0.1) is 11.9 Å². The molecule has 0 aliphatic heterocycles. The van der Waals surface area contributed by atoms with Gasteiger partial charge in [-0.3, -0.25) is 9.78 Å². The molecule has 7 nitrogen and oxygen atoms in total. The molecule has 5 aromatic rings. The Morgan fingerprint density at radius 3 is 2.67 bits per heavy atom. The fraction of sp³-hybridized carbons (Fsp3) is 0.172.